The van der Waals surface area contributed by atoms with Crippen LogP contribution in [0.25, 0.3) is 0 Å². The van der Waals surface area contributed by atoms with Crippen LogP contribution >= 0.6 is 11.3 Å². The topological polar surface area (TPSA) is 59.4 Å². The molecule has 0 spiro atoms. The molecule has 0 fully saturated rings. The van der Waals surface area contributed by atoms with Crippen LogP contribution in [0, 0.1) is 0 Å². The van der Waals surface area contributed by atoms with Gasteiger partial charge in [0.25, 0.3) is 0 Å². The number of carboxylic acids is 1. The number of rotatable bonds is 8. The Hall–Kier alpha value is -1.88. The molecule has 118 valence electrons. The number of benzene rings is 1. The minimum atomic E-state index is -0.881. The summed E-state index contributed by atoms with van der Waals surface area (Å²) in [6.07, 6.45) is 3.22. The number of carboxylic acid groups (broad SMARTS) is 1. The van der Waals surface area contributed by atoms with Gasteiger partial charge in [-0.1, -0.05) is 26.0 Å². The molecule has 1 aromatic carbocycles. The fourth-order valence-electron chi connectivity index (χ4n) is 2.18. The van der Waals surface area contributed by atoms with Gasteiger partial charge in [-0.15, -0.1) is 11.3 Å². The molecule has 0 unspecified atom stereocenters. The first-order valence-electron chi connectivity index (χ1n) is 7.57. The van der Waals surface area contributed by atoms with Crippen molar-refractivity contribution >= 4 is 17.3 Å². The van der Waals surface area contributed by atoms with Gasteiger partial charge in [-0.05, 0) is 37.0 Å². The molecule has 0 radical (unpaired) electrons. The first-order chi connectivity index (χ1) is 10.6. The van der Waals surface area contributed by atoms with Crippen molar-refractivity contribution in [3.8, 4) is 5.75 Å². The third-order valence-corrected chi connectivity index (χ3v) is 4.53. The van der Waals surface area contributed by atoms with E-state index < -0.39 is 5.97 Å². The molecule has 5 heteroatoms. The molecule has 1 heterocycles. The van der Waals surface area contributed by atoms with E-state index in [1.165, 1.54) is 16.9 Å². The average Bonchev–Trinajstić information content (AvgIpc) is 2.95. The van der Waals surface area contributed by atoms with E-state index in [2.05, 4.69) is 24.0 Å². The molecule has 0 aliphatic carbocycles. The predicted molar refractivity (Wildman–Crippen MR) is 88.1 cm³/mol. The minimum Gasteiger partial charge on any atom is -0.494 e. The lowest BCUT2D eigenvalue weighted by Gasteiger charge is -2.06. The molecule has 0 amide bonds. The standard InChI is InChI=1S/C17H21NO3S/c1-3-12-7-5-8-13(11-12)21-10-6-9-15-18-14(4-2)16(22-15)17(19)20/h5,7-8,11H,3-4,6,9-10H2,1-2H3,(H,19,20). The summed E-state index contributed by atoms with van der Waals surface area (Å²) >= 11 is 1.28. The molecule has 0 saturated heterocycles. The zero-order valence-corrected chi connectivity index (χ0v) is 13.8. The number of nitrogens with zero attached hydrogens (tertiary/aromatic N) is 1. The maximum Gasteiger partial charge on any atom is 0.347 e. The fourth-order valence-corrected chi connectivity index (χ4v) is 3.22. The Labute approximate surface area is 134 Å². The van der Waals surface area contributed by atoms with Crippen molar-refractivity contribution in [1.29, 1.82) is 0 Å². The predicted octanol–water partition coefficient (Wildman–Crippen LogP) is 3.98. The Morgan fingerprint density at radius 1 is 1.32 bits per heavy atom. The summed E-state index contributed by atoms with van der Waals surface area (Å²) in [6, 6.07) is 8.10. The number of hydrogen-bond acceptors (Lipinski definition) is 4. The van der Waals surface area contributed by atoms with E-state index in [9.17, 15) is 4.79 Å². The van der Waals surface area contributed by atoms with Crippen LogP contribution in [-0.4, -0.2) is 22.7 Å². The molecule has 0 bridgehead atoms. The second kappa shape index (κ2) is 7.94. The van der Waals surface area contributed by atoms with Gasteiger partial charge in [-0.2, -0.15) is 0 Å². The Balaban J connectivity index is 1.84. The summed E-state index contributed by atoms with van der Waals surface area (Å²) in [6.45, 7) is 4.65. The SMILES string of the molecule is CCc1cccc(OCCCc2nc(CC)c(C(=O)O)s2)c1. The van der Waals surface area contributed by atoms with Crippen molar-refractivity contribution in [2.75, 3.05) is 6.61 Å². The van der Waals surface area contributed by atoms with Crippen molar-refractivity contribution in [3.63, 3.8) is 0 Å². The van der Waals surface area contributed by atoms with Crippen LogP contribution in [0.3, 0.4) is 0 Å². The molecule has 1 N–H and O–H groups in total. The lowest BCUT2D eigenvalue weighted by atomic mass is 10.2. The molecular weight excluding hydrogens is 298 g/mol. The first kappa shape index (κ1) is 16.5. The van der Waals surface area contributed by atoms with Crippen LogP contribution < -0.4 is 4.74 Å². The molecule has 1 aromatic heterocycles. The number of hydrogen-bond donors (Lipinski definition) is 1. The smallest absolute Gasteiger partial charge is 0.347 e. The Morgan fingerprint density at radius 2 is 2.14 bits per heavy atom. The van der Waals surface area contributed by atoms with Gasteiger partial charge in [-0.3, -0.25) is 0 Å². The summed E-state index contributed by atoms with van der Waals surface area (Å²) in [5, 5.41) is 10.0. The van der Waals surface area contributed by atoms with Gasteiger partial charge < -0.3 is 9.84 Å². The Kier molecular flexibility index (Phi) is 5.95. The van der Waals surface area contributed by atoms with E-state index >= 15 is 0 Å². The number of aryl methyl sites for hydroxylation is 3. The summed E-state index contributed by atoms with van der Waals surface area (Å²) in [5.74, 6) is 0.00666. The molecule has 0 aliphatic heterocycles. The van der Waals surface area contributed by atoms with E-state index in [1.807, 2.05) is 19.1 Å². The summed E-state index contributed by atoms with van der Waals surface area (Å²) in [5.41, 5.74) is 1.94. The highest BCUT2D eigenvalue weighted by molar-refractivity contribution is 7.13. The lowest BCUT2D eigenvalue weighted by Crippen LogP contribution is -2.00. The Bertz CT molecular complexity index is 637. The van der Waals surface area contributed by atoms with Gasteiger partial charge in [0.05, 0.1) is 17.3 Å². The lowest BCUT2D eigenvalue weighted by molar-refractivity contribution is 0.0701. The molecular formula is C17H21NO3S. The number of aromatic nitrogens is 1. The van der Waals surface area contributed by atoms with Gasteiger partial charge in [-0.25, -0.2) is 9.78 Å². The number of thiazole rings is 1. The molecule has 2 aromatic rings. The van der Waals surface area contributed by atoms with E-state index in [0.29, 0.717) is 23.6 Å². The van der Waals surface area contributed by atoms with E-state index in [1.54, 1.807) is 0 Å². The van der Waals surface area contributed by atoms with Gasteiger partial charge in [0, 0.05) is 6.42 Å². The quantitative estimate of drug-likeness (QED) is 0.748. The number of ether oxygens (including phenoxy) is 1. The summed E-state index contributed by atoms with van der Waals surface area (Å²) in [4.78, 5) is 15.9. The average molecular weight is 319 g/mol. The van der Waals surface area contributed by atoms with E-state index in [-0.39, 0.29) is 0 Å². The van der Waals surface area contributed by atoms with Crippen molar-refractivity contribution in [1.82, 2.24) is 4.98 Å². The molecule has 4 nitrogen and oxygen atoms in total. The van der Waals surface area contributed by atoms with Crippen LogP contribution in [0.4, 0.5) is 0 Å². The molecule has 22 heavy (non-hydrogen) atoms. The van der Waals surface area contributed by atoms with Crippen LogP contribution in [-0.2, 0) is 19.3 Å². The van der Waals surface area contributed by atoms with Crippen molar-refractivity contribution in [3.05, 3.63) is 45.4 Å². The normalized spacial score (nSPS) is 10.6. The highest BCUT2D eigenvalue weighted by Gasteiger charge is 2.15. The van der Waals surface area contributed by atoms with Crippen molar-refractivity contribution < 1.29 is 14.6 Å². The third-order valence-electron chi connectivity index (χ3n) is 3.38. The molecule has 0 saturated carbocycles. The zero-order valence-electron chi connectivity index (χ0n) is 13.0. The van der Waals surface area contributed by atoms with Crippen LogP contribution in [0.1, 0.15) is 46.2 Å². The van der Waals surface area contributed by atoms with E-state index in [0.717, 1.165) is 30.0 Å². The highest BCUT2D eigenvalue weighted by atomic mass is 32.1. The Morgan fingerprint density at radius 3 is 2.77 bits per heavy atom. The van der Waals surface area contributed by atoms with Crippen LogP contribution in [0.5, 0.6) is 5.75 Å². The minimum absolute atomic E-state index is 0.370. The largest absolute Gasteiger partial charge is 0.494 e. The molecule has 0 aliphatic rings. The summed E-state index contributed by atoms with van der Waals surface area (Å²) in [7, 11) is 0. The van der Waals surface area contributed by atoms with Gasteiger partial charge in [0.15, 0.2) is 0 Å². The van der Waals surface area contributed by atoms with Gasteiger partial charge >= 0.3 is 5.97 Å². The first-order valence-corrected chi connectivity index (χ1v) is 8.39. The molecule has 2 rings (SSSR count). The maximum atomic E-state index is 11.1. The van der Waals surface area contributed by atoms with Crippen LogP contribution in [0.15, 0.2) is 24.3 Å². The van der Waals surface area contributed by atoms with Crippen molar-refractivity contribution in [2.45, 2.75) is 39.5 Å². The van der Waals surface area contributed by atoms with Crippen molar-refractivity contribution in [2.24, 2.45) is 0 Å². The van der Waals surface area contributed by atoms with Gasteiger partial charge in [0.1, 0.15) is 10.6 Å². The number of carbonyl (C=O) groups is 1. The maximum absolute atomic E-state index is 11.1. The monoisotopic (exact) mass is 319 g/mol. The number of aromatic carboxylic acids is 1. The van der Waals surface area contributed by atoms with Crippen LogP contribution in [0.2, 0.25) is 0 Å². The van der Waals surface area contributed by atoms with Gasteiger partial charge in [0.2, 0.25) is 0 Å². The molecule has 0 atom stereocenters. The second-order valence-electron chi connectivity index (χ2n) is 5.00. The highest BCUT2D eigenvalue weighted by Crippen LogP contribution is 2.21. The summed E-state index contributed by atoms with van der Waals surface area (Å²) < 4.78 is 5.74. The zero-order chi connectivity index (χ0) is 15.9. The third kappa shape index (κ3) is 4.31. The van der Waals surface area contributed by atoms with E-state index in [4.69, 9.17) is 9.84 Å². The fraction of sp³-hybridized carbons (Fsp3) is 0.412. The second-order valence-corrected chi connectivity index (χ2v) is 6.08.